The Kier molecular flexibility index (Phi) is 6.27. The SMILES string of the molecule is Cc1ccccc1CC(CO)CCOc1ccc(Br)cc1. The fourth-order valence-corrected chi connectivity index (χ4v) is 2.55. The smallest absolute Gasteiger partial charge is 0.119 e. The molecule has 0 heterocycles. The fraction of sp³-hybridized carbons (Fsp3) is 0.333. The van der Waals surface area contributed by atoms with Gasteiger partial charge in [0.05, 0.1) is 6.61 Å². The van der Waals surface area contributed by atoms with Crippen LogP contribution in [0.25, 0.3) is 0 Å². The van der Waals surface area contributed by atoms with Crippen LogP contribution in [0, 0.1) is 12.8 Å². The first-order valence-corrected chi connectivity index (χ1v) is 8.02. The lowest BCUT2D eigenvalue weighted by Gasteiger charge is -2.16. The zero-order valence-corrected chi connectivity index (χ0v) is 13.8. The van der Waals surface area contributed by atoms with Gasteiger partial charge in [-0.25, -0.2) is 0 Å². The highest BCUT2D eigenvalue weighted by Crippen LogP contribution is 2.18. The Balaban J connectivity index is 1.82. The molecule has 0 aromatic heterocycles. The lowest BCUT2D eigenvalue weighted by atomic mass is 9.94. The number of aliphatic hydroxyl groups excluding tert-OH is 1. The summed E-state index contributed by atoms with van der Waals surface area (Å²) in [7, 11) is 0. The third-order valence-corrected chi connectivity index (χ3v) is 4.17. The molecule has 0 fully saturated rings. The van der Waals surface area contributed by atoms with E-state index in [0.717, 1.165) is 23.1 Å². The van der Waals surface area contributed by atoms with Gasteiger partial charge in [0.15, 0.2) is 0 Å². The van der Waals surface area contributed by atoms with E-state index in [4.69, 9.17) is 4.74 Å². The molecular formula is C18H21BrO2. The van der Waals surface area contributed by atoms with Crippen molar-refractivity contribution in [3.8, 4) is 5.75 Å². The predicted octanol–water partition coefficient (Wildman–Crippen LogP) is 4.38. The van der Waals surface area contributed by atoms with Crippen molar-refractivity contribution in [3.63, 3.8) is 0 Å². The topological polar surface area (TPSA) is 29.5 Å². The predicted molar refractivity (Wildman–Crippen MR) is 89.7 cm³/mol. The lowest BCUT2D eigenvalue weighted by molar-refractivity contribution is 0.190. The van der Waals surface area contributed by atoms with Gasteiger partial charge in [-0.1, -0.05) is 40.2 Å². The molecular weight excluding hydrogens is 328 g/mol. The van der Waals surface area contributed by atoms with E-state index < -0.39 is 0 Å². The van der Waals surface area contributed by atoms with Crippen molar-refractivity contribution in [2.75, 3.05) is 13.2 Å². The van der Waals surface area contributed by atoms with E-state index in [0.29, 0.717) is 6.61 Å². The number of hydrogen-bond acceptors (Lipinski definition) is 2. The van der Waals surface area contributed by atoms with E-state index in [1.165, 1.54) is 11.1 Å². The Morgan fingerprint density at radius 2 is 1.81 bits per heavy atom. The molecule has 112 valence electrons. The fourth-order valence-electron chi connectivity index (χ4n) is 2.28. The van der Waals surface area contributed by atoms with Crippen LogP contribution in [0.1, 0.15) is 17.5 Å². The zero-order chi connectivity index (χ0) is 15.1. The van der Waals surface area contributed by atoms with Crippen molar-refractivity contribution < 1.29 is 9.84 Å². The molecule has 0 spiro atoms. The second-order valence-corrected chi connectivity index (χ2v) is 6.19. The largest absolute Gasteiger partial charge is 0.494 e. The lowest BCUT2D eigenvalue weighted by Crippen LogP contribution is -2.14. The Bertz CT molecular complexity index is 551. The van der Waals surface area contributed by atoms with Crippen LogP contribution >= 0.6 is 15.9 Å². The number of hydrogen-bond donors (Lipinski definition) is 1. The van der Waals surface area contributed by atoms with Crippen LogP contribution in [0.5, 0.6) is 5.75 Å². The second kappa shape index (κ2) is 8.20. The Morgan fingerprint density at radius 3 is 2.48 bits per heavy atom. The third-order valence-electron chi connectivity index (χ3n) is 3.64. The highest BCUT2D eigenvalue weighted by Gasteiger charge is 2.10. The molecule has 0 amide bonds. The summed E-state index contributed by atoms with van der Waals surface area (Å²) in [5.74, 6) is 1.10. The number of benzene rings is 2. The van der Waals surface area contributed by atoms with Gasteiger partial charge in [-0.05, 0) is 61.1 Å². The van der Waals surface area contributed by atoms with Gasteiger partial charge >= 0.3 is 0 Å². The van der Waals surface area contributed by atoms with E-state index in [-0.39, 0.29) is 12.5 Å². The first kappa shape index (κ1) is 16.1. The normalized spacial score (nSPS) is 12.1. The average molecular weight is 349 g/mol. The van der Waals surface area contributed by atoms with Crippen LogP contribution < -0.4 is 4.74 Å². The first-order chi connectivity index (χ1) is 10.2. The van der Waals surface area contributed by atoms with Gasteiger partial charge in [0, 0.05) is 11.1 Å². The minimum absolute atomic E-state index is 0.192. The molecule has 1 atom stereocenters. The van der Waals surface area contributed by atoms with Crippen molar-refractivity contribution in [2.24, 2.45) is 5.92 Å². The van der Waals surface area contributed by atoms with Crippen molar-refractivity contribution in [2.45, 2.75) is 19.8 Å². The maximum atomic E-state index is 9.55. The van der Waals surface area contributed by atoms with Crippen molar-refractivity contribution in [3.05, 3.63) is 64.1 Å². The number of rotatable bonds is 7. The molecule has 3 heteroatoms. The van der Waals surface area contributed by atoms with Gasteiger partial charge in [-0.2, -0.15) is 0 Å². The average Bonchev–Trinajstić information content (AvgIpc) is 2.50. The molecule has 2 nitrogen and oxygen atoms in total. The van der Waals surface area contributed by atoms with Crippen molar-refractivity contribution >= 4 is 15.9 Å². The molecule has 1 unspecified atom stereocenters. The van der Waals surface area contributed by atoms with Gasteiger partial charge in [0.2, 0.25) is 0 Å². The molecule has 2 rings (SSSR count). The van der Waals surface area contributed by atoms with Crippen LogP contribution in [0.2, 0.25) is 0 Å². The summed E-state index contributed by atoms with van der Waals surface area (Å²) in [5.41, 5.74) is 2.59. The summed E-state index contributed by atoms with van der Waals surface area (Å²) in [6.45, 7) is 2.93. The standard InChI is InChI=1S/C18H21BrO2/c1-14-4-2-3-5-16(14)12-15(13-20)10-11-21-18-8-6-17(19)7-9-18/h2-9,15,20H,10-13H2,1H3. The van der Waals surface area contributed by atoms with Gasteiger partial charge in [0.25, 0.3) is 0 Å². The maximum Gasteiger partial charge on any atom is 0.119 e. The van der Waals surface area contributed by atoms with E-state index in [2.05, 4.69) is 41.1 Å². The molecule has 0 aliphatic heterocycles. The minimum atomic E-state index is 0.192. The highest BCUT2D eigenvalue weighted by molar-refractivity contribution is 9.10. The van der Waals surface area contributed by atoms with E-state index in [9.17, 15) is 5.11 Å². The number of aryl methyl sites for hydroxylation is 1. The molecule has 1 N–H and O–H groups in total. The molecule has 0 aliphatic rings. The molecule has 0 saturated carbocycles. The first-order valence-electron chi connectivity index (χ1n) is 7.23. The van der Waals surface area contributed by atoms with Gasteiger partial charge in [-0.15, -0.1) is 0 Å². The number of halogens is 1. The summed E-state index contributed by atoms with van der Waals surface area (Å²) in [6.07, 6.45) is 1.74. The van der Waals surface area contributed by atoms with Crippen LogP contribution in [-0.4, -0.2) is 18.3 Å². The Labute approximate surface area is 134 Å². The van der Waals surface area contributed by atoms with Crippen LogP contribution in [0.15, 0.2) is 53.0 Å². The molecule has 0 radical (unpaired) electrons. The molecule has 0 aliphatic carbocycles. The summed E-state index contributed by atoms with van der Waals surface area (Å²) < 4.78 is 6.77. The van der Waals surface area contributed by atoms with Crippen LogP contribution in [-0.2, 0) is 6.42 Å². The minimum Gasteiger partial charge on any atom is -0.494 e. The van der Waals surface area contributed by atoms with Crippen LogP contribution in [0.3, 0.4) is 0 Å². The molecule has 2 aromatic carbocycles. The number of ether oxygens (including phenoxy) is 1. The molecule has 0 bridgehead atoms. The Hall–Kier alpha value is -1.32. The van der Waals surface area contributed by atoms with Gasteiger partial charge in [-0.3, -0.25) is 0 Å². The van der Waals surface area contributed by atoms with Gasteiger partial charge in [0.1, 0.15) is 5.75 Å². The van der Waals surface area contributed by atoms with E-state index >= 15 is 0 Å². The van der Waals surface area contributed by atoms with Crippen molar-refractivity contribution in [1.82, 2.24) is 0 Å². The molecule has 0 saturated heterocycles. The van der Waals surface area contributed by atoms with E-state index in [1.54, 1.807) is 0 Å². The summed E-state index contributed by atoms with van der Waals surface area (Å²) in [6, 6.07) is 16.2. The summed E-state index contributed by atoms with van der Waals surface area (Å²) in [4.78, 5) is 0. The van der Waals surface area contributed by atoms with Gasteiger partial charge < -0.3 is 9.84 Å². The molecule has 2 aromatic rings. The monoisotopic (exact) mass is 348 g/mol. The summed E-state index contributed by atoms with van der Waals surface area (Å²) in [5, 5.41) is 9.55. The van der Waals surface area contributed by atoms with Crippen molar-refractivity contribution in [1.29, 1.82) is 0 Å². The summed E-state index contributed by atoms with van der Waals surface area (Å²) >= 11 is 3.40. The highest BCUT2D eigenvalue weighted by atomic mass is 79.9. The quantitative estimate of drug-likeness (QED) is 0.804. The Morgan fingerprint density at radius 1 is 1.10 bits per heavy atom. The van der Waals surface area contributed by atoms with E-state index in [1.807, 2.05) is 30.3 Å². The molecule has 21 heavy (non-hydrogen) atoms. The van der Waals surface area contributed by atoms with Crippen LogP contribution in [0.4, 0.5) is 0 Å². The second-order valence-electron chi connectivity index (χ2n) is 5.27. The third kappa shape index (κ3) is 5.18. The number of aliphatic hydroxyl groups is 1. The maximum absolute atomic E-state index is 9.55. The zero-order valence-electron chi connectivity index (χ0n) is 12.3.